The van der Waals surface area contributed by atoms with Crippen molar-refractivity contribution in [1.29, 1.82) is 0 Å². The van der Waals surface area contributed by atoms with Crippen LogP contribution in [-0.2, 0) is 19.0 Å². The van der Waals surface area contributed by atoms with Gasteiger partial charge in [0.05, 0.1) is 6.10 Å². The zero-order valence-corrected chi connectivity index (χ0v) is 7.57. The van der Waals surface area contributed by atoms with Crippen LogP contribution in [0.2, 0.25) is 0 Å². The highest BCUT2D eigenvalue weighted by Gasteiger charge is 2.26. The van der Waals surface area contributed by atoms with Crippen LogP contribution < -0.4 is 0 Å². The molecule has 0 aromatic heterocycles. The smallest absolute Gasteiger partial charge is 0.304 e. The fourth-order valence-corrected chi connectivity index (χ4v) is 1.22. The maximum atomic E-state index is 10.6. The maximum absolute atomic E-state index is 10.6. The third kappa shape index (κ3) is 2.79. The van der Waals surface area contributed by atoms with E-state index in [4.69, 9.17) is 14.2 Å². The second-order valence-electron chi connectivity index (χ2n) is 2.93. The van der Waals surface area contributed by atoms with Crippen molar-refractivity contribution in [3.05, 3.63) is 0 Å². The number of ether oxygens (including phenoxy) is 3. The fraction of sp³-hybridized carbons (Fsp3) is 0.875. The average Bonchev–Trinajstić information content (AvgIpc) is 1.81. The van der Waals surface area contributed by atoms with Crippen molar-refractivity contribution in [1.82, 2.24) is 0 Å². The van der Waals surface area contributed by atoms with E-state index >= 15 is 0 Å². The predicted molar refractivity (Wildman–Crippen MR) is 41.3 cm³/mol. The first kappa shape index (κ1) is 9.48. The zero-order chi connectivity index (χ0) is 9.14. The molecular weight excluding hydrogens is 160 g/mol. The lowest BCUT2D eigenvalue weighted by Gasteiger charge is -2.31. The maximum Gasteiger partial charge on any atom is 0.304 e. The lowest BCUT2D eigenvalue weighted by Crippen LogP contribution is -2.37. The average molecular weight is 174 g/mol. The molecule has 4 heteroatoms. The van der Waals surface area contributed by atoms with Crippen LogP contribution in [0.4, 0.5) is 0 Å². The summed E-state index contributed by atoms with van der Waals surface area (Å²) in [6.07, 6.45) is -0.0540. The molecule has 0 spiro atoms. The summed E-state index contributed by atoms with van der Waals surface area (Å²) in [6, 6.07) is 0. The van der Waals surface area contributed by atoms with E-state index in [0.717, 1.165) is 0 Å². The predicted octanol–water partition coefficient (Wildman–Crippen LogP) is 1.05. The monoisotopic (exact) mass is 174 g/mol. The number of carbonyl (C=O) groups is 1. The number of hydrogen-bond acceptors (Lipinski definition) is 4. The van der Waals surface area contributed by atoms with Crippen LogP contribution in [-0.4, -0.2) is 24.7 Å². The van der Waals surface area contributed by atoms with Crippen molar-refractivity contribution in [2.45, 2.75) is 45.9 Å². The molecule has 3 atom stereocenters. The van der Waals surface area contributed by atoms with Gasteiger partial charge in [0, 0.05) is 13.3 Å². The molecule has 4 nitrogen and oxygen atoms in total. The van der Waals surface area contributed by atoms with Crippen LogP contribution in [0.1, 0.15) is 27.2 Å². The van der Waals surface area contributed by atoms with Crippen LogP contribution in [0, 0.1) is 0 Å². The molecular formula is C8H14O4. The summed E-state index contributed by atoms with van der Waals surface area (Å²) < 4.78 is 15.4. The van der Waals surface area contributed by atoms with Gasteiger partial charge in [-0.25, -0.2) is 0 Å². The Morgan fingerprint density at radius 1 is 1.42 bits per heavy atom. The summed E-state index contributed by atoms with van der Waals surface area (Å²) in [5.74, 6) is -0.318. The largest absolute Gasteiger partial charge is 0.436 e. The Morgan fingerprint density at radius 2 is 2.08 bits per heavy atom. The molecule has 0 unspecified atom stereocenters. The molecule has 12 heavy (non-hydrogen) atoms. The van der Waals surface area contributed by atoms with Crippen LogP contribution in [0.3, 0.4) is 0 Å². The number of esters is 1. The normalized spacial score (nSPS) is 36.1. The summed E-state index contributed by atoms with van der Waals surface area (Å²) in [5, 5.41) is 0. The number of carbonyl (C=O) groups excluding carboxylic acids is 1. The molecule has 0 N–H and O–H groups in total. The standard InChI is InChI=1S/C8H14O4/c1-5-4-8(11-6(2)9)12-7(3)10-5/h5,7-8H,4H2,1-3H3/t5-,7-,8+/m1/s1. The van der Waals surface area contributed by atoms with Gasteiger partial charge < -0.3 is 14.2 Å². The van der Waals surface area contributed by atoms with Gasteiger partial charge in [-0.15, -0.1) is 0 Å². The third-order valence-corrected chi connectivity index (χ3v) is 1.59. The van der Waals surface area contributed by atoms with Gasteiger partial charge in [-0.2, -0.15) is 0 Å². The Morgan fingerprint density at radius 3 is 2.58 bits per heavy atom. The molecule has 0 aromatic carbocycles. The van der Waals surface area contributed by atoms with E-state index < -0.39 is 6.29 Å². The van der Waals surface area contributed by atoms with E-state index in [1.165, 1.54) is 6.92 Å². The summed E-state index contributed by atoms with van der Waals surface area (Å²) in [7, 11) is 0. The molecule has 1 heterocycles. The Hall–Kier alpha value is -0.610. The van der Waals surface area contributed by atoms with Crippen LogP contribution in [0.25, 0.3) is 0 Å². The van der Waals surface area contributed by atoms with E-state index in [0.29, 0.717) is 6.42 Å². The highest BCUT2D eigenvalue weighted by Crippen LogP contribution is 2.18. The first-order valence-electron chi connectivity index (χ1n) is 4.06. The van der Waals surface area contributed by atoms with Gasteiger partial charge >= 0.3 is 5.97 Å². The van der Waals surface area contributed by atoms with Crippen molar-refractivity contribution in [2.24, 2.45) is 0 Å². The quantitative estimate of drug-likeness (QED) is 0.557. The first-order valence-corrected chi connectivity index (χ1v) is 4.06. The van der Waals surface area contributed by atoms with E-state index in [2.05, 4.69) is 0 Å². The lowest BCUT2D eigenvalue weighted by molar-refractivity contribution is -0.288. The Bertz CT molecular complexity index is 158. The lowest BCUT2D eigenvalue weighted by atomic mass is 10.2. The van der Waals surface area contributed by atoms with Gasteiger partial charge in [-0.3, -0.25) is 4.79 Å². The molecule has 1 aliphatic heterocycles. The molecule has 0 bridgehead atoms. The molecule has 0 amide bonds. The number of hydrogen-bond donors (Lipinski definition) is 0. The van der Waals surface area contributed by atoms with Gasteiger partial charge in [0.25, 0.3) is 0 Å². The summed E-state index contributed by atoms with van der Waals surface area (Å²) >= 11 is 0. The fourth-order valence-electron chi connectivity index (χ4n) is 1.22. The molecule has 1 fully saturated rings. The van der Waals surface area contributed by atoms with Crippen molar-refractivity contribution < 1.29 is 19.0 Å². The van der Waals surface area contributed by atoms with E-state index in [1.807, 2.05) is 6.92 Å². The zero-order valence-electron chi connectivity index (χ0n) is 7.57. The van der Waals surface area contributed by atoms with Gasteiger partial charge in [-0.05, 0) is 13.8 Å². The molecule has 0 radical (unpaired) electrons. The summed E-state index contributed by atoms with van der Waals surface area (Å²) in [6.45, 7) is 5.08. The Labute approximate surface area is 71.8 Å². The molecule has 0 aromatic rings. The Kier molecular flexibility index (Phi) is 3.05. The van der Waals surface area contributed by atoms with Crippen LogP contribution >= 0.6 is 0 Å². The topological polar surface area (TPSA) is 44.8 Å². The minimum Gasteiger partial charge on any atom is -0.436 e. The second-order valence-corrected chi connectivity index (χ2v) is 2.93. The van der Waals surface area contributed by atoms with Gasteiger partial charge in [0.2, 0.25) is 6.29 Å². The Balaban J connectivity index is 2.38. The van der Waals surface area contributed by atoms with Crippen molar-refractivity contribution in [3.63, 3.8) is 0 Å². The second kappa shape index (κ2) is 3.87. The van der Waals surface area contributed by atoms with Crippen molar-refractivity contribution in [3.8, 4) is 0 Å². The third-order valence-electron chi connectivity index (χ3n) is 1.59. The van der Waals surface area contributed by atoms with Crippen LogP contribution in [0.5, 0.6) is 0 Å². The van der Waals surface area contributed by atoms with E-state index in [1.54, 1.807) is 6.92 Å². The van der Waals surface area contributed by atoms with Crippen LogP contribution in [0.15, 0.2) is 0 Å². The molecule has 0 saturated carbocycles. The van der Waals surface area contributed by atoms with Gasteiger partial charge in [0.15, 0.2) is 6.29 Å². The SMILES string of the molecule is CC(=O)O[C@@H]1C[C@@H](C)O[C@@H](C)O1. The minimum absolute atomic E-state index is 0.0816. The minimum atomic E-state index is -0.443. The van der Waals surface area contributed by atoms with Crippen molar-refractivity contribution in [2.75, 3.05) is 0 Å². The van der Waals surface area contributed by atoms with Gasteiger partial charge in [-0.1, -0.05) is 0 Å². The number of rotatable bonds is 1. The van der Waals surface area contributed by atoms with E-state index in [-0.39, 0.29) is 18.4 Å². The highest BCUT2D eigenvalue weighted by molar-refractivity contribution is 5.66. The molecule has 1 rings (SSSR count). The first-order chi connectivity index (χ1) is 5.58. The highest BCUT2D eigenvalue weighted by atomic mass is 16.8. The molecule has 1 saturated heterocycles. The summed E-state index contributed by atoms with van der Waals surface area (Å²) in [4.78, 5) is 10.6. The molecule has 70 valence electrons. The van der Waals surface area contributed by atoms with E-state index in [9.17, 15) is 4.79 Å². The molecule has 1 aliphatic rings. The molecule has 0 aliphatic carbocycles. The van der Waals surface area contributed by atoms with Crippen molar-refractivity contribution >= 4 is 5.97 Å². The van der Waals surface area contributed by atoms with Gasteiger partial charge in [0.1, 0.15) is 0 Å². The summed E-state index contributed by atoms with van der Waals surface area (Å²) in [5.41, 5.74) is 0.